The van der Waals surface area contributed by atoms with Gasteiger partial charge in [-0.1, -0.05) is 18.2 Å². The molecule has 2 aromatic rings. The first kappa shape index (κ1) is 12.4. The molecule has 2 saturated heterocycles. The van der Waals surface area contributed by atoms with Crippen molar-refractivity contribution in [3.8, 4) is 0 Å². The van der Waals surface area contributed by atoms with Crippen LogP contribution in [0, 0.1) is 12.8 Å². The van der Waals surface area contributed by atoms with Gasteiger partial charge in [0.15, 0.2) is 0 Å². The predicted octanol–water partition coefficient (Wildman–Crippen LogP) is 2.93. The molecular weight excluding hydrogens is 248 g/mol. The number of nitrogens with one attached hydrogen (secondary N) is 1. The number of hydrogen-bond donors (Lipinski definition) is 1. The summed E-state index contributed by atoms with van der Waals surface area (Å²) < 4.78 is 5.89. The molecule has 1 aromatic heterocycles. The van der Waals surface area contributed by atoms with Crippen molar-refractivity contribution in [2.24, 2.45) is 5.92 Å². The average molecular weight is 270 g/mol. The minimum absolute atomic E-state index is 0.710. The lowest BCUT2D eigenvalue weighted by molar-refractivity contribution is 0.311. The molecule has 0 amide bonds. The highest BCUT2D eigenvalue weighted by Gasteiger charge is 2.34. The Bertz CT molecular complexity index is 604. The number of benzene rings is 1. The summed E-state index contributed by atoms with van der Waals surface area (Å²) >= 11 is 0. The van der Waals surface area contributed by atoms with Crippen LogP contribution in [0.15, 0.2) is 28.7 Å². The summed E-state index contributed by atoms with van der Waals surface area (Å²) in [5.41, 5.74) is 2.40. The standard InChI is InChI=1S/C17H22N2O/c1-12-15(14-6-2-3-7-17(14)20-12)10-19-9-13-5-4-8-18-16(13)11-19/h2-3,6-7,13,16,18H,4-5,8-11H2,1H3/t13-,16+/m0/s1. The molecule has 106 valence electrons. The molecule has 2 atom stereocenters. The molecule has 4 rings (SSSR count). The maximum Gasteiger partial charge on any atom is 0.134 e. The first-order valence-electron chi connectivity index (χ1n) is 7.74. The van der Waals surface area contributed by atoms with E-state index in [-0.39, 0.29) is 0 Å². The molecule has 3 nitrogen and oxygen atoms in total. The summed E-state index contributed by atoms with van der Waals surface area (Å²) in [7, 11) is 0. The molecule has 2 fully saturated rings. The molecule has 0 radical (unpaired) electrons. The van der Waals surface area contributed by atoms with Gasteiger partial charge in [0.05, 0.1) is 0 Å². The Hall–Kier alpha value is -1.32. The van der Waals surface area contributed by atoms with E-state index in [0.717, 1.165) is 23.8 Å². The van der Waals surface area contributed by atoms with Gasteiger partial charge in [-0.05, 0) is 38.3 Å². The van der Waals surface area contributed by atoms with E-state index < -0.39 is 0 Å². The zero-order chi connectivity index (χ0) is 13.5. The Morgan fingerprint density at radius 2 is 2.20 bits per heavy atom. The summed E-state index contributed by atoms with van der Waals surface area (Å²) in [6.45, 7) is 6.73. The van der Waals surface area contributed by atoms with Crippen LogP contribution in [0.4, 0.5) is 0 Å². The molecule has 2 aliphatic heterocycles. The molecular formula is C17H22N2O. The van der Waals surface area contributed by atoms with E-state index in [1.54, 1.807) is 0 Å². The Kier molecular flexibility index (Phi) is 3.04. The lowest BCUT2D eigenvalue weighted by atomic mass is 9.94. The van der Waals surface area contributed by atoms with E-state index in [1.165, 1.54) is 43.4 Å². The molecule has 0 saturated carbocycles. The zero-order valence-electron chi connectivity index (χ0n) is 12.1. The topological polar surface area (TPSA) is 28.4 Å². The van der Waals surface area contributed by atoms with Gasteiger partial charge in [-0.2, -0.15) is 0 Å². The van der Waals surface area contributed by atoms with Crippen LogP contribution in [0.3, 0.4) is 0 Å². The second kappa shape index (κ2) is 4.90. The van der Waals surface area contributed by atoms with Crippen LogP contribution in [0.25, 0.3) is 11.0 Å². The molecule has 3 heteroatoms. The lowest BCUT2D eigenvalue weighted by Crippen LogP contribution is -2.40. The highest BCUT2D eigenvalue weighted by atomic mass is 16.3. The normalized spacial score (nSPS) is 27.1. The van der Waals surface area contributed by atoms with Gasteiger partial charge in [0.25, 0.3) is 0 Å². The number of fused-ring (bicyclic) bond motifs is 2. The highest BCUT2D eigenvalue weighted by Crippen LogP contribution is 2.30. The molecule has 0 spiro atoms. The van der Waals surface area contributed by atoms with E-state index >= 15 is 0 Å². The number of aryl methyl sites for hydroxylation is 1. The van der Waals surface area contributed by atoms with Crippen molar-refractivity contribution in [1.82, 2.24) is 10.2 Å². The van der Waals surface area contributed by atoms with Gasteiger partial charge in [-0.25, -0.2) is 0 Å². The third kappa shape index (κ3) is 2.05. The summed E-state index contributed by atoms with van der Waals surface area (Å²) in [4.78, 5) is 2.60. The fourth-order valence-corrected chi connectivity index (χ4v) is 3.91. The van der Waals surface area contributed by atoms with Crippen LogP contribution in [0.5, 0.6) is 0 Å². The second-order valence-electron chi connectivity index (χ2n) is 6.29. The van der Waals surface area contributed by atoms with Crippen LogP contribution in [-0.2, 0) is 6.54 Å². The van der Waals surface area contributed by atoms with E-state index in [0.29, 0.717) is 6.04 Å². The van der Waals surface area contributed by atoms with Crippen molar-refractivity contribution in [1.29, 1.82) is 0 Å². The van der Waals surface area contributed by atoms with Crippen LogP contribution in [-0.4, -0.2) is 30.6 Å². The number of nitrogens with zero attached hydrogens (tertiary/aromatic N) is 1. The maximum absolute atomic E-state index is 5.89. The van der Waals surface area contributed by atoms with Crippen LogP contribution in [0.1, 0.15) is 24.2 Å². The van der Waals surface area contributed by atoms with Gasteiger partial charge in [0.1, 0.15) is 11.3 Å². The summed E-state index contributed by atoms with van der Waals surface area (Å²) in [5, 5.41) is 4.96. The molecule has 0 aliphatic carbocycles. The molecule has 1 N–H and O–H groups in total. The van der Waals surface area contributed by atoms with Gasteiger partial charge in [-0.3, -0.25) is 4.90 Å². The second-order valence-corrected chi connectivity index (χ2v) is 6.29. The van der Waals surface area contributed by atoms with Crippen molar-refractivity contribution >= 4 is 11.0 Å². The first-order valence-corrected chi connectivity index (χ1v) is 7.74. The van der Waals surface area contributed by atoms with Crippen LogP contribution in [0.2, 0.25) is 0 Å². The number of para-hydroxylation sites is 1. The van der Waals surface area contributed by atoms with Crippen LogP contribution >= 0.6 is 0 Å². The number of furan rings is 1. The Labute approximate surface area is 119 Å². The largest absolute Gasteiger partial charge is 0.461 e. The first-order chi connectivity index (χ1) is 9.81. The summed E-state index contributed by atoms with van der Waals surface area (Å²) in [5.74, 6) is 1.93. The molecule has 1 aromatic carbocycles. The van der Waals surface area contributed by atoms with Gasteiger partial charge in [0.2, 0.25) is 0 Å². The van der Waals surface area contributed by atoms with E-state index in [2.05, 4.69) is 35.3 Å². The highest BCUT2D eigenvalue weighted by molar-refractivity contribution is 5.82. The summed E-state index contributed by atoms with van der Waals surface area (Å²) in [6.07, 6.45) is 2.72. The Morgan fingerprint density at radius 1 is 1.30 bits per heavy atom. The lowest BCUT2D eigenvalue weighted by Gasteiger charge is -2.24. The molecule has 2 aliphatic rings. The number of likely N-dealkylation sites (tertiary alicyclic amines) is 1. The number of rotatable bonds is 2. The smallest absolute Gasteiger partial charge is 0.134 e. The minimum Gasteiger partial charge on any atom is -0.461 e. The quantitative estimate of drug-likeness (QED) is 0.909. The number of piperidine rings is 1. The van der Waals surface area contributed by atoms with Crippen LogP contribution < -0.4 is 5.32 Å². The minimum atomic E-state index is 0.710. The van der Waals surface area contributed by atoms with Gasteiger partial charge < -0.3 is 9.73 Å². The van der Waals surface area contributed by atoms with E-state index in [9.17, 15) is 0 Å². The number of hydrogen-bond acceptors (Lipinski definition) is 3. The van der Waals surface area contributed by atoms with E-state index in [4.69, 9.17) is 4.42 Å². The SMILES string of the molecule is Cc1oc2ccccc2c1CN1C[C@@H]2CCCN[C@@H]2C1. The Balaban J connectivity index is 1.57. The van der Waals surface area contributed by atoms with Crippen molar-refractivity contribution in [3.63, 3.8) is 0 Å². The Morgan fingerprint density at radius 3 is 3.10 bits per heavy atom. The predicted molar refractivity (Wildman–Crippen MR) is 80.7 cm³/mol. The fraction of sp³-hybridized carbons (Fsp3) is 0.529. The van der Waals surface area contributed by atoms with Crippen molar-refractivity contribution < 1.29 is 4.42 Å². The molecule has 0 bridgehead atoms. The molecule has 20 heavy (non-hydrogen) atoms. The van der Waals surface area contributed by atoms with E-state index in [1.807, 2.05) is 6.07 Å². The maximum atomic E-state index is 5.89. The van der Waals surface area contributed by atoms with Crippen molar-refractivity contribution in [3.05, 3.63) is 35.6 Å². The van der Waals surface area contributed by atoms with Crippen molar-refractivity contribution in [2.75, 3.05) is 19.6 Å². The monoisotopic (exact) mass is 270 g/mol. The third-order valence-corrected chi connectivity index (χ3v) is 4.96. The molecule has 3 heterocycles. The fourth-order valence-electron chi connectivity index (χ4n) is 3.91. The third-order valence-electron chi connectivity index (χ3n) is 4.96. The average Bonchev–Trinajstić information content (AvgIpc) is 3.00. The zero-order valence-corrected chi connectivity index (χ0v) is 12.1. The van der Waals surface area contributed by atoms with Gasteiger partial charge >= 0.3 is 0 Å². The van der Waals surface area contributed by atoms with Crippen molar-refractivity contribution in [2.45, 2.75) is 32.4 Å². The van der Waals surface area contributed by atoms with Gasteiger partial charge in [-0.15, -0.1) is 0 Å². The van der Waals surface area contributed by atoms with Gasteiger partial charge in [0, 0.05) is 36.6 Å². The molecule has 0 unspecified atom stereocenters. The summed E-state index contributed by atoms with van der Waals surface area (Å²) in [6, 6.07) is 9.11.